The molecule has 1 aliphatic heterocycles. The van der Waals surface area contributed by atoms with E-state index in [1.54, 1.807) is 6.07 Å². The van der Waals surface area contributed by atoms with E-state index in [4.69, 9.17) is 14.2 Å². The predicted octanol–water partition coefficient (Wildman–Crippen LogP) is 3.11. The Hall–Kier alpha value is -1.33. The molecule has 1 heterocycles. The molecule has 1 N–H and O–H groups in total. The maximum atomic E-state index is 9.84. The fourth-order valence-electron chi connectivity index (χ4n) is 2.04. The third kappa shape index (κ3) is 3.61. The van der Waals surface area contributed by atoms with Crippen LogP contribution in [0.5, 0.6) is 17.2 Å². The van der Waals surface area contributed by atoms with Crippen LogP contribution in [0.3, 0.4) is 0 Å². The second-order valence-corrected chi connectivity index (χ2v) is 5.82. The van der Waals surface area contributed by atoms with Crippen molar-refractivity contribution in [3.8, 4) is 17.2 Å². The Labute approximate surface area is 124 Å². The molecule has 0 saturated carbocycles. The van der Waals surface area contributed by atoms with Gasteiger partial charge < -0.3 is 19.3 Å². The summed E-state index contributed by atoms with van der Waals surface area (Å²) < 4.78 is 16.4. The summed E-state index contributed by atoms with van der Waals surface area (Å²) in [6.07, 6.45) is -0.0444. The zero-order valence-corrected chi connectivity index (χ0v) is 12.7. The van der Waals surface area contributed by atoms with E-state index < -0.39 is 6.10 Å². The van der Waals surface area contributed by atoms with Crippen molar-refractivity contribution >= 4 is 12.6 Å². The topological polar surface area (TPSA) is 47.9 Å². The van der Waals surface area contributed by atoms with Gasteiger partial charge in [-0.05, 0) is 26.3 Å². The lowest BCUT2D eigenvalue weighted by Crippen LogP contribution is -2.18. The minimum absolute atomic E-state index is 0.00205. The van der Waals surface area contributed by atoms with Crippen molar-refractivity contribution in [2.75, 3.05) is 13.4 Å². The molecule has 0 saturated heterocycles. The van der Waals surface area contributed by atoms with Gasteiger partial charge in [0.2, 0.25) is 6.79 Å². The highest BCUT2D eigenvalue weighted by Crippen LogP contribution is 2.41. The minimum Gasteiger partial charge on any atom is -0.490 e. The maximum absolute atomic E-state index is 9.84. The van der Waals surface area contributed by atoms with E-state index in [1.165, 1.54) is 0 Å². The predicted molar refractivity (Wildman–Crippen MR) is 80.9 cm³/mol. The summed E-state index contributed by atoms with van der Waals surface area (Å²) in [7, 11) is 0. The van der Waals surface area contributed by atoms with E-state index in [2.05, 4.69) is 19.2 Å². The van der Waals surface area contributed by atoms with Gasteiger partial charge in [0, 0.05) is 16.9 Å². The van der Waals surface area contributed by atoms with Crippen molar-refractivity contribution in [1.29, 1.82) is 0 Å². The molecule has 1 aliphatic rings. The van der Waals surface area contributed by atoms with Crippen molar-refractivity contribution in [2.45, 2.75) is 31.6 Å². The van der Waals surface area contributed by atoms with Gasteiger partial charge >= 0.3 is 0 Å². The quantitative estimate of drug-likeness (QED) is 0.625. The lowest BCUT2D eigenvalue weighted by molar-refractivity contribution is 0.107. The Morgan fingerprint density at radius 3 is 2.70 bits per heavy atom. The Morgan fingerprint density at radius 2 is 2.10 bits per heavy atom. The lowest BCUT2D eigenvalue weighted by Gasteiger charge is -2.17. The van der Waals surface area contributed by atoms with Crippen molar-refractivity contribution in [3.63, 3.8) is 0 Å². The van der Waals surface area contributed by atoms with Crippen molar-refractivity contribution in [1.82, 2.24) is 0 Å². The highest BCUT2D eigenvalue weighted by atomic mass is 32.1. The molecule has 1 aromatic carbocycles. The lowest BCUT2D eigenvalue weighted by atomic mass is 10.1. The summed E-state index contributed by atoms with van der Waals surface area (Å²) in [5, 5.41) is 9.84. The van der Waals surface area contributed by atoms with Crippen LogP contribution in [-0.4, -0.2) is 24.6 Å². The molecule has 20 heavy (non-hydrogen) atoms. The highest BCUT2D eigenvalue weighted by molar-refractivity contribution is 7.80. The summed E-state index contributed by atoms with van der Waals surface area (Å²) in [6.45, 7) is 8.04. The van der Waals surface area contributed by atoms with Crippen LogP contribution in [-0.2, 0) is 0 Å². The third-order valence-electron chi connectivity index (χ3n) is 2.97. The molecular formula is C15H20O4S. The highest BCUT2D eigenvalue weighted by Gasteiger charge is 2.20. The van der Waals surface area contributed by atoms with Crippen LogP contribution in [0.4, 0.5) is 0 Å². The molecule has 1 aromatic rings. The molecule has 0 radical (unpaired) electrons. The van der Waals surface area contributed by atoms with Crippen molar-refractivity contribution in [2.24, 2.45) is 0 Å². The number of thiol groups is 1. The van der Waals surface area contributed by atoms with E-state index >= 15 is 0 Å². The van der Waals surface area contributed by atoms with Gasteiger partial charge in [0.05, 0.1) is 6.10 Å². The van der Waals surface area contributed by atoms with Crippen LogP contribution in [0.2, 0.25) is 0 Å². The first-order valence-corrected chi connectivity index (χ1v) is 7.06. The number of fused-ring (bicyclic) bond motifs is 1. The average molecular weight is 296 g/mol. The van der Waals surface area contributed by atoms with Gasteiger partial charge in [0.1, 0.15) is 12.4 Å². The third-order valence-corrected chi connectivity index (χ3v) is 3.25. The molecular weight excluding hydrogens is 276 g/mol. The molecule has 0 fully saturated rings. The molecule has 2 atom stereocenters. The van der Waals surface area contributed by atoms with Crippen molar-refractivity contribution < 1.29 is 19.3 Å². The molecule has 0 spiro atoms. The summed E-state index contributed by atoms with van der Waals surface area (Å²) >= 11 is 4.45. The Balaban J connectivity index is 2.12. The molecule has 2 rings (SSSR count). The summed E-state index contributed by atoms with van der Waals surface area (Å²) in [5.41, 5.74) is 1.84. The second kappa shape index (κ2) is 6.41. The normalized spacial score (nSPS) is 15.8. The van der Waals surface area contributed by atoms with Crippen molar-refractivity contribution in [3.05, 3.63) is 29.8 Å². The van der Waals surface area contributed by atoms with Gasteiger partial charge in [0.25, 0.3) is 0 Å². The number of rotatable bonds is 6. The van der Waals surface area contributed by atoms with Crippen LogP contribution >= 0.6 is 12.6 Å². The fourth-order valence-corrected chi connectivity index (χ4v) is 2.24. The Bertz CT molecular complexity index is 499. The maximum Gasteiger partial charge on any atom is 0.231 e. The van der Waals surface area contributed by atoms with Gasteiger partial charge in [-0.1, -0.05) is 5.57 Å². The van der Waals surface area contributed by atoms with E-state index in [0.29, 0.717) is 23.7 Å². The van der Waals surface area contributed by atoms with E-state index in [0.717, 1.165) is 11.1 Å². The first-order chi connectivity index (χ1) is 9.47. The summed E-state index contributed by atoms with van der Waals surface area (Å²) in [6, 6.07) is 3.67. The number of aliphatic hydroxyl groups excluding tert-OH is 1. The molecule has 1 unspecified atom stereocenters. The Kier molecular flexibility index (Phi) is 4.83. The molecule has 5 heteroatoms. The second-order valence-electron chi connectivity index (χ2n) is 5.05. The minimum atomic E-state index is -0.569. The van der Waals surface area contributed by atoms with E-state index in [1.807, 2.05) is 19.9 Å². The SMILES string of the molecule is C=C(C)C[C@H](O)COc1cc2c(cc1C(C)S)OCO2. The first kappa shape index (κ1) is 15.1. The number of hydrogen-bond donors (Lipinski definition) is 2. The smallest absolute Gasteiger partial charge is 0.231 e. The number of benzene rings is 1. The van der Waals surface area contributed by atoms with Crippen LogP contribution in [0.1, 0.15) is 31.1 Å². The molecule has 0 amide bonds. The van der Waals surface area contributed by atoms with Crippen LogP contribution in [0, 0.1) is 0 Å². The molecule has 110 valence electrons. The van der Waals surface area contributed by atoms with Crippen LogP contribution in [0.25, 0.3) is 0 Å². The number of hydrogen-bond acceptors (Lipinski definition) is 5. The zero-order valence-electron chi connectivity index (χ0n) is 11.8. The van der Waals surface area contributed by atoms with E-state index in [-0.39, 0.29) is 18.6 Å². The van der Waals surface area contributed by atoms with Gasteiger partial charge in [-0.2, -0.15) is 12.6 Å². The van der Waals surface area contributed by atoms with Gasteiger partial charge in [-0.25, -0.2) is 0 Å². The summed E-state index contributed by atoms with van der Waals surface area (Å²) in [5.74, 6) is 2.03. The molecule has 4 nitrogen and oxygen atoms in total. The Morgan fingerprint density at radius 1 is 1.45 bits per heavy atom. The van der Waals surface area contributed by atoms with Crippen LogP contribution < -0.4 is 14.2 Å². The largest absolute Gasteiger partial charge is 0.490 e. The monoisotopic (exact) mass is 296 g/mol. The van der Waals surface area contributed by atoms with Gasteiger partial charge in [0.15, 0.2) is 11.5 Å². The van der Waals surface area contributed by atoms with Crippen LogP contribution in [0.15, 0.2) is 24.3 Å². The molecule has 0 aliphatic carbocycles. The standard InChI is InChI=1S/C15H20O4S/c1-9(2)4-11(16)7-17-13-6-15-14(18-8-19-15)5-12(13)10(3)20/h5-6,10-11,16,20H,1,4,7-8H2,2-3H3/t10?,11-/m0/s1. The molecule has 0 bridgehead atoms. The molecule has 0 aromatic heterocycles. The van der Waals surface area contributed by atoms with E-state index in [9.17, 15) is 5.11 Å². The zero-order chi connectivity index (χ0) is 14.7. The number of ether oxygens (including phenoxy) is 3. The fraction of sp³-hybridized carbons (Fsp3) is 0.467. The number of aliphatic hydroxyl groups is 1. The first-order valence-electron chi connectivity index (χ1n) is 6.54. The van der Waals surface area contributed by atoms with Gasteiger partial charge in [-0.3, -0.25) is 0 Å². The van der Waals surface area contributed by atoms with Gasteiger partial charge in [-0.15, -0.1) is 6.58 Å². The average Bonchev–Trinajstić information content (AvgIpc) is 2.81. The summed E-state index contributed by atoms with van der Waals surface area (Å²) in [4.78, 5) is 0.